The Bertz CT molecular complexity index is 902. The molecule has 0 atom stereocenters. The van der Waals surface area contributed by atoms with Crippen molar-refractivity contribution in [2.45, 2.75) is 0 Å². The lowest BCUT2D eigenvalue weighted by atomic mass is 9.95. The highest BCUT2D eigenvalue weighted by Crippen LogP contribution is 2.34. The van der Waals surface area contributed by atoms with Gasteiger partial charge in [-0.25, -0.2) is 4.98 Å². The van der Waals surface area contributed by atoms with E-state index in [1.165, 1.54) is 11.3 Å². The van der Waals surface area contributed by atoms with Crippen LogP contribution in [0.15, 0.2) is 46.4 Å². The van der Waals surface area contributed by atoms with Crippen molar-refractivity contribution in [2.24, 2.45) is 0 Å². The zero-order valence-electron chi connectivity index (χ0n) is 11.0. The third kappa shape index (κ3) is 1.86. The van der Waals surface area contributed by atoms with Crippen molar-refractivity contribution in [1.29, 1.82) is 0 Å². The third-order valence-electron chi connectivity index (χ3n) is 3.49. The molecular formula is C15H8BrN3O2S. The van der Waals surface area contributed by atoms with Gasteiger partial charge in [-0.2, -0.15) is 5.01 Å². The second-order valence-corrected chi connectivity index (χ2v) is 6.47. The van der Waals surface area contributed by atoms with Crippen LogP contribution in [-0.2, 0) is 0 Å². The molecule has 0 saturated carbocycles. The smallest absolute Gasteiger partial charge is 0.267 e. The SMILES string of the molecule is O=C1c2cccc3c(Br)ccc(c23)C(=O)N1Nc1nccs1. The van der Waals surface area contributed by atoms with Gasteiger partial charge in [0.1, 0.15) is 0 Å². The molecule has 0 aliphatic carbocycles. The van der Waals surface area contributed by atoms with Gasteiger partial charge in [0.15, 0.2) is 0 Å². The first-order valence-electron chi connectivity index (χ1n) is 6.43. The molecule has 0 radical (unpaired) electrons. The Morgan fingerprint density at radius 2 is 1.86 bits per heavy atom. The normalized spacial score (nSPS) is 13.8. The zero-order valence-corrected chi connectivity index (χ0v) is 13.4. The minimum Gasteiger partial charge on any atom is -0.267 e. The number of rotatable bonds is 2. The molecule has 4 rings (SSSR count). The Balaban J connectivity index is 1.91. The average Bonchev–Trinajstić information content (AvgIpc) is 3.03. The number of imide groups is 1. The minimum atomic E-state index is -0.378. The van der Waals surface area contributed by atoms with E-state index in [0.29, 0.717) is 21.6 Å². The average molecular weight is 374 g/mol. The van der Waals surface area contributed by atoms with Crippen LogP contribution in [0, 0.1) is 0 Å². The predicted octanol–water partition coefficient (Wildman–Crippen LogP) is 3.68. The van der Waals surface area contributed by atoms with E-state index in [9.17, 15) is 9.59 Å². The van der Waals surface area contributed by atoms with E-state index in [1.807, 2.05) is 18.2 Å². The lowest BCUT2D eigenvalue weighted by molar-refractivity contribution is 0.0649. The number of anilines is 1. The van der Waals surface area contributed by atoms with Crippen LogP contribution in [0.1, 0.15) is 20.7 Å². The van der Waals surface area contributed by atoms with Gasteiger partial charge in [0.05, 0.1) is 11.1 Å². The number of hydrogen-bond acceptors (Lipinski definition) is 5. The van der Waals surface area contributed by atoms with Gasteiger partial charge in [0.2, 0.25) is 5.13 Å². The van der Waals surface area contributed by atoms with E-state index in [1.54, 1.807) is 23.7 Å². The number of amides is 2. The molecule has 1 aromatic heterocycles. The molecule has 1 aliphatic rings. The van der Waals surface area contributed by atoms with Gasteiger partial charge in [-0.05, 0) is 23.6 Å². The van der Waals surface area contributed by atoms with Gasteiger partial charge >= 0.3 is 0 Å². The maximum atomic E-state index is 12.7. The van der Waals surface area contributed by atoms with E-state index in [-0.39, 0.29) is 11.8 Å². The van der Waals surface area contributed by atoms with Crippen molar-refractivity contribution in [1.82, 2.24) is 9.99 Å². The zero-order chi connectivity index (χ0) is 15.3. The molecule has 3 aromatic rings. The van der Waals surface area contributed by atoms with Crippen LogP contribution >= 0.6 is 27.3 Å². The number of aromatic nitrogens is 1. The summed E-state index contributed by atoms with van der Waals surface area (Å²) in [6.45, 7) is 0. The summed E-state index contributed by atoms with van der Waals surface area (Å²) in [6.07, 6.45) is 1.61. The predicted molar refractivity (Wildman–Crippen MR) is 87.9 cm³/mol. The summed E-state index contributed by atoms with van der Waals surface area (Å²) in [4.78, 5) is 29.4. The first-order valence-corrected chi connectivity index (χ1v) is 8.10. The van der Waals surface area contributed by atoms with Gasteiger partial charge in [-0.3, -0.25) is 15.0 Å². The first-order chi connectivity index (χ1) is 10.7. The molecule has 2 aromatic carbocycles. The third-order valence-corrected chi connectivity index (χ3v) is 4.86. The van der Waals surface area contributed by atoms with Crippen LogP contribution in [0.3, 0.4) is 0 Å². The Hall–Kier alpha value is -2.25. The van der Waals surface area contributed by atoms with Crippen LogP contribution in [0.5, 0.6) is 0 Å². The molecule has 1 aliphatic heterocycles. The van der Waals surface area contributed by atoms with E-state index >= 15 is 0 Å². The molecule has 0 bridgehead atoms. The standard InChI is InChI=1S/C15H8BrN3O2S/c16-11-5-4-10-12-8(11)2-1-3-9(12)13(20)19(14(10)21)18-15-17-6-7-22-15/h1-7H,(H,17,18). The Kier molecular flexibility index (Phi) is 2.98. The number of halogens is 1. The summed E-state index contributed by atoms with van der Waals surface area (Å²) in [5.74, 6) is -0.757. The number of hydrogen-bond donors (Lipinski definition) is 1. The summed E-state index contributed by atoms with van der Waals surface area (Å²) in [5, 5.41) is 4.82. The fourth-order valence-corrected chi connectivity index (χ4v) is 3.52. The molecule has 2 amide bonds. The topological polar surface area (TPSA) is 62.3 Å². The van der Waals surface area contributed by atoms with Crippen LogP contribution < -0.4 is 5.43 Å². The number of thiazole rings is 1. The van der Waals surface area contributed by atoms with Crippen LogP contribution in [0.2, 0.25) is 0 Å². The monoisotopic (exact) mass is 373 g/mol. The van der Waals surface area contributed by atoms with Crippen molar-refractivity contribution in [3.63, 3.8) is 0 Å². The second-order valence-electron chi connectivity index (χ2n) is 4.72. The van der Waals surface area contributed by atoms with Crippen molar-refractivity contribution in [2.75, 3.05) is 5.43 Å². The highest BCUT2D eigenvalue weighted by molar-refractivity contribution is 9.10. The fourth-order valence-electron chi connectivity index (χ4n) is 2.54. The molecular weight excluding hydrogens is 366 g/mol. The summed E-state index contributed by atoms with van der Waals surface area (Å²) < 4.78 is 0.857. The van der Waals surface area contributed by atoms with E-state index < -0.39 is 0 Å². The quantitative estimate of drug-likeness (QED) is 0.696. The summed E-state index contributed by atoms with van der Waals surface area (Å²) in [7, 11) is 0. The van der Waals surface area contributed by atoms with Crippen LogP contribution in [0.4, 0.5) is 5.13 Å². The molecule has 0 spiro atoms. The second kappa shape index (κ2) is 4.89. The largest absolute Gasteiger partial charge is 0.280 e. The van der Waals surface area contributed by atoms with Crippen molar-refractivity contribution < 1.29 is 9.59 Å². The molecule has 0 saturated heterocycles. The molecule has 22 heavy (non-hydrogen) atoms. The molecule has 0 unspecified atom stereocenters. The van der Waals surface area contributed by atoms with E-state index in [0.717, 1.165) is 14.9 Å². The van der Waals surface area contributed by atoms with E-state index in [2.05, 4.69) is 26.3 Å². The Morgan fingerprint density at radius 1 is 1.09 bits per heavy atom. The first kappa shape index (κ1) is 13.4. The highest BCUT2D eigenvalue weighted by Gasteiger charge is 2.33. The van der Waals surface area contributed by atoms with Crippen molar-refractivity contribution >= 4 is 55.0 Å². The van der Waals surface area contributed by atoms with Crippen molar-refractivity contribution in [3.05, 3.63) is 57.5 Å². The van der Waals surface area contributed by atoms with Gasteiger partial charge in [0, 0.05) is 21.4 Å². The molecule has 2 heterocycles. The fraction of sp³-hybridized carbons (Fsp3) is 0. The molecule has 1 N–H and O–H groups in total. The number of nitrogens with one attached hydrogen (secondary N) is 1. The molecule has 0 fully saturated rings. The van der Waals surface area contributed by atoms with Gasteiger partial charge < -0.3 is 0 Å². The van der Waals surface area contributed by atoms with Crippen LogP contribution in [-0.4, -0.2) is 21.8 Å². The maximum absolute atomic E-state index is 12.7. The number of carbonyl (C=O) groups is 2. The number of nitrogens with zero attached hydrogens (tertiary/aromatic N) is 2. The number of hydrazine groups is 1. The molecule has 108 valence electrons. The van der Waals surface area contributed by atoms with Gasteiger partial charge in [-0.1, -0.05) is 28.1 Å². The Morgan fingerprint density at radius 3 is 2.59 bits per heavy atom. The maximum Gasteiger partial charge on any atom is 0.280 e. The minimum absolute atomic E-state index is 0.378. The van der Waals surface area contributed by atoms with Crippen LogP contribution in [0.25, 0.3) is 10.8 Å². The van der Waals surface area contributed by atoms with E-state index in [4.69, 9.17) is 0 Å². The Labute approximate surface area is 137 Å². The summed E-state index contributed by atoms with van der Waals surface area (Å²) in [5.41, 5.74) is 3.78. The van der Waals surface area contributed by atoms with Gasteiger partial charge in [0.25, 0.3) is 11.8 Å². The molecule has 7 heteroatoms. The molecule has 5 nitrogen and oxygen atoms in total. The number of carbonyl (C=O) groups excluding carboxylic acids is 2. The summed E-state index contributed by atoms with van der Waals surface area (Å²) >= 11 is 4.78. The number of benzene rings is 2. The highest BCUT2D eigenvalue weighted by atomic mass is 79.9. The lowest BCUT2D eigenvalue weighted by Gasteiger charge is -2.27. The lowest BCUT2D eigenvalue weighted by Crippen LogP contribution is -2.44. The van der Waals surface area contributed by atoms with Crippen molar-refractivity contribution in [3.8, 4) is 0 Å². The summed E-state index contributed by atoms with van der Waals surface area (Å²) in [6, 6.07) is 8.96. The van der Waals surface area contributed by atoms with Gasteiger partial charge in [-0.15, -0.1) is 11.3 Å².